The zero-order valence-electron chi connectivity index (χ0n) is 8.63. The molecule has 0 aliphatic rings. The predicted octanol–water partition coefficient (Wildman–Crippen LogP) is 4.49. The first kappa shape index (κ1) is 11.7. The van der Waals surface area contributed by atoms with Crippen molar-refractivity contribution in [3.05, 3.63) is 35.6 Å². The highest BCUT2D eigenvalue weighted by atomic mass is 79.9. The first-order chi connectivity index (χ1) is 6.66. The third kappa shape index (κ3) is 2.81. The van der Waals surface area contributed by atoms with Gasteiger partial charge in [-0.15, -0.1) is 0 Å². The van der Waals surface area contributed by atoms with Crippen molar-refractivity contribution in [3.63, 3.8) is 0 Å². The van der Waals surface area contributed by atoms with Gasteiger partial charge in [0.15, 0.2) is 0 Å². The summed E-state index contributed by atoms with van der Waals surface area (Å²) in [5, 5.41) is 0. The van der Waals surface area contributed by atoms with E-state index in [1.165, 1.54) is 6.07 Å². The molecule has 78 valence electrons. The van der Waals surface area contributed by atoms with Crippen molar-refractivity contribution < 1.29 is 4.39 Å². The molecule has 0 aliphatic heterocycles. The number of hydrogen-bond acceptors (Lipinski definition) is 0. The first-order valence-electron chi connectivity index (χ1n) is 5.05. The maximum Gasteiger partial charge on any atom is 0.126 e. The van der Waals surface area contributed by atoms with Gasteiger partial charge in [-0.3, -0.25) is 0 Å². The fraction of sp³-hybridized carbons (Fsp3) is 0.500. The molecule has 0 spiro atoms. The van der Waals surface area contributed by atoms with Gasteiger partial charge in [-0.2, -0.15) is 0 Å². The molecule has 0 aromatic heterocycles. The molecule has 0 saturated carbocycles. The van der Waals surface area contributed by atoms with Gasteiger partial charge in [-0.1, -0.05) is 54.4 Å². The molecule has 2 heteroatoms. The molecular weight excluding hydrogens is 243 g/mol. The van der Waals surface area contributed by atoms with Crippen molar-refractivity contribution in [1.29, 1.82) is 0 Å². The smallest absolute Gasteiger partial charge is 0.126 e. The zero-order valence-corrected chi connectivity index (χ0v) is 10.2. The number of alkyl halides is 1. The quantitative estimate of drug-likeness (QED) is 0.699. The maximum absolute atomic E-state index is 13.4. The minimum atomic E-state index is -0.0967. The molecule has 1 aromatic carbocycles. The maximum atomic E-state index is 13.4. The summed E-state index contributed by atoms with van der Waals surface area (Å²) < 4.78 is 13.4. The van der Waals surface area contributed by atoms with Crippen molar-refractivity contribution in [2.45, 2.75) is 37.4 Å². The Balaban J connectivity index is 2.78. The molecule has 14 heavy (non-hydrogen) atoms. The van der Waals surface area contributed by atoms with Gasteiger partial charge < -0.3 is 0 Å². The van der Waals surface area contributed by atoms with Gasteiger partial charge in [0.1, 0.15) is 5.82 Å². The van der Waals surface area contributed by atoms with Gasteiger partial charge in [-0.05, 0) is 24.0 Å². The molecule has 1 aromatic rings. The summed E-state index contributed by atoms with van der Waals surface area (Å²) >= 11 is 3.61. The molecule has 0 saturated heterocycles. The normalized spacial score (nSPS) is 15.1. The highest BCUT2D eigenvalue weighted by Gasteiger charge is 2.17. The SMILES string of the molecule is CCCC(Br)C(C)c1ccccc1F. The average Bonchev–Trinajstić information content (AvgIpc) is 2.18. The van der Waals surface area contributed by atoms with Crippen LogP contribution in [-0.2, 0) is 0 Å². The summed E-state index contributed by atoms with van der Waals surface area (Å²) in [6.07, 6.45) is 2.20. The second-order valence-electron chi connectivity index (χ2n) is 3.61. The van der Waals surface area contributed by atoms with E-state index in [2.05, 4.69) is 29.8 Å². The van der Waals surface area contributed by atoms with Crippen LogP contribution in [0.4, 0.5) is 4.39 Å². The van der Waals surface area contributed by atoms with Crippen LogP contribution in [0.2, 0.25) is 0 Å². The summed E-state index contributed by atoms with van der Waals surface area (Å²) in [5.41, 5.74) is 0.808. The van der Waals surface area contributed by atoms with E-state index in [0.29, 0.717) is 4.83 Å². The fourth-order valence-electron chi connectivity index (χ4n) is 1.56. The molecule has 0 N–H and O–H groups in total. The van der Waals surface area contributed by atoms with Crippen molar-refractivity contribution in [2.75, 3.05) is 0 Å². The molecule has 2 atom stereocenters. The lowest BCUT2D eigenvalue weighted by Gasteiger charge is -2.18. The Bertz CT molecular complexity index is 285. The zero-order chi connectivity index (χ0) is 10.6. The lowest BCUT2D eigenvalue weighted by Crippen LogP contribution is -2.10. The second kappa shape index (κ2) is 5.50. The van der Waals surface area contributed by atoms with Gasteiger partial charge in [0, 0.05) is 4.83 Å². The molecular formula is C12H16BrF. The minimum absolute atomic E-state index is 0.0967. The number of halogens is 2. The summed E-state index contributed by atoms with van der Waals surface area (Å²) in [6, 6.07) is 7.01. The van der Waals surface area contributed by atoms with E-state index < -0.39 is 0 Å². The topological polar surface area (TPSA) is 0 Å². The Kier molecular flexibility index (Phi) is 4.59. The lowest BCUT2D eigenvalue weighted by atomic mass is 9.95. The molecule has 0 bridgehead atoms. The second-order valence-corrected chi connectivity index (χ2v) is 4.79. The van der Waals surface area contributed by atoms with Crippen LogP contribution in [0.15, 0.2) is 24.3 Å². The molecule has 2 unspecified atom stereocenters. The van der Waals surface area contributed by atoms with Crippen molar-refractivity contribution in [2.24, 2.45) is 0 Å². The van der Waals surface area contributed by atoms with Crippen LogP contribution < -0.4 is 0 Å². The Hall–Kier alpha value is -0.370. The first-order valence-corrected chi connectivity index (χ1v) is 5.96. The minimum Gasteiger partial charge on any atom is -0.207 e. The Morgan fingerprint density at radius 2 is 2.00 bits per heavy atom. The third-order valence-corrected chi connectivity index (χ3v) is 3.75. The van der Waals surface area contributed by atoms with Crippen molar-refractivity contribution >= 4 is 15.9 Å². The molecule has 0 fully saturated rings. The summed E-state index contributed by atoms with van der Waals surface area (Å²) in [7, 11) is 0. The molecule has 0 amide bonds. The highest BCUT2D eigenvalue weighted by molar-refractivity contribution is 9.09. The molecule has 0 radical (unpaired) electrons. The molecule has 0 nitrogen and oxygen atoms in total. The lowest BCUT2D eigenvalue weighted by molar-refractivity contribution is 0.570. The van der Waals surface area contributed by atoms with E-state index in [9.17, 15) is 4.39 Å². The number of rotatable bonds is 4. The molecule has 1 rings (SSSR count). The van der Waals surface area contributed by atoms with E-state index in [1.807, 2.05) is 12.1 Å². The van der Waals surface area contributed by atoms with E-state index in [1.54, 1.807) is 6.07 Å². The number of hydrogen-bond donors (Lipinski definition) is 0. The van der Waals surface area contributed by atoms with Gasteiger partial charge >= 0.3 is 0 Å². The van der Waals surface area contributed by atoms with Crippen LogP contribution in [0.1, 0.15) is 38.2 Å². The van der Waals surface area contributed by atoms with E-state index >= 15 is 0 Å². The van der Waals surface area contributed by atoms with Crippen LogP contribution in [0.5, 0.6) is 0 Å². The monoisotopic (exact) mass is 258 g/mol. The Morgan fingerprint density at radius 3 is 2.57 bits per heavy atom. The standard InChI is InChI=1S/C12H16BrF/c1-3-6-11(13)9(2)10-7-4-5-8-12(10)14/h4-5,7-9,11H,3,6H2,1-2H3. The van der Waals surface area contributed by atoms with E-state index in [4.69, 9.17) is 0 Å². The van der Waals surface area contributed by atoms with Gasteiger partial charge in [0.05, 0.1) is 0 Å². The van der Waals surface area contributed by atoms with Gasteiger partial charge in [-0.25, -0.2) is 4.39 Å². The van der Waals surface area contributed by atoms with Crippen LogP contribution in [-0.4, -0.2) is 4.83 Å². The van der Waals surface area contributed by atoms with E-state index in [0.717, 1.165) is 18.4 Å². The van der Waals surface area contributed by atoms with Crippen LogP contribution in [0, 0.1) is 5.82 Å². The predicted molar refractivity (Wildman–Crippen MR) is 62.4 cm³/mol. The third-order valence-electron chi connectivity index (χ3n) is 2.50. The van der Waals surface area contributed by atoms with Crippen LogP contribution in [0.25, 0.3) is 0 Å². The van der Waals surface area contributed by atoms with Crippen LogP contribution in [0.3, 0.4) is 0 Å². The summed E-state index contributed by atoms with van der Waals surface area (Å²) in [4.78, 5) is 0.365. The molecule has 0 aliphatic carbocycles. The fourth-order valence-corrected chi connectivity index (χ4v) is 2.31. The van der Waals surface area contributed by atoms with Crippen LogP contribution >= 0.6 is 15.9 Å². The summed E-state index contributed by atoms with van der Waals surface area (Å²) in [5.74, 6) is 0.136. The van der Waals surface area contributed by atoms with Gasteiger partial charge in [0.2, 0.25) is 0 Å². The van der Waals surface area contributed by atoms with Crippen molar-refractivity contribution in [1.82, 2.24) is 0 Å². The largest absolute Gasteiger partial charge is 0.207 e. The van der Waals surface area contributed by atoms with Crippen molar-refractivity contribution in [3.8, 4) is 0 Å². The molecule has 0 heterocycles. The Morgan fingerprint density at radius 1 is 1.36 bits per heavy atom. The average molecular weight is 259 g/mol. The summed E-state index contributed by atoms with van der Waals surface area (Å²) in [6.45, 7) is 4.20. The Labute approximate surface area is 93.7 Å². The van der Waals surface area contributed by atoms with E-state index in [-0.39, 0.29) is 11.7 Å². The van der Waals surface area contributed by atoms with Gasteiger partial charge in [0.25, 0.3) is 0 Å². The highest BCUT2D eigenvalue weighted by Crippen LogP contribution is 2.29. The number of benzene rings is 1.